The van der Waals surface area contributed by atoms with E-state index < -0.39 is 6.04 Å². The molecule has 1 atom stereocenters. The summed E-state index contributed by atoms with van der Waals surface area (Å²) >= 11 is 1.94. The van der Waals surface area contributed by atoms with Crippen LogP contribution in [0.15, 0.2) is 12.4 Å². The number of thioether (sulfide) groups is 1. The molecule has 0 bridgehead atoms. The lowest BCUT2D eigenvalue weighted by atomic mass is 10.1. The van der Waals surface area contributed by atoms with Crippen LogP contribution in [-0.4, -0.2) is 33.2 Å². The quantitative estimate of drug-likeness (QED) is 0.820. The van der Waals surface area contributed by atoms with E-state index in [4.69, 9.17) is 5.73 Å². The zero-order valence-electron chi connectivity index (χ0n) is 9.93. The van der Waals surface area contributed by atoms with Gasteiger partial charge in [-0.05, 0) is 24.3 Å². The summed E-state index contributed by atoms with van der Waals surface area (Å²) < 4.78 is 1.65. The molecule has 3 N–H and O–H groups in total. The zero-order valence-corrected chi connectivity index (χ0v) is 10.7. The molecule has 1 saturated heterocycles. The van der Waals surface area contributed by atoms with E-state index in [0.29, 0.717) is 0 Å². The Hall–Kier alpha value is -1.01. The molecule has 94 valence electrons. The molecule has 0 aliphatic carbocycles. The molecule has 1 aliphatic heterocycles. The van der Waals surface area contributed by atoms with Gasteiger partial charge in [0.15, 0.2) is 0 Å². The van der Waals surface area contributed by atoms with Gasteiger partial charge >= 0.3 is 0 Å². The Balaban J connectivity index is 1.90. The van der Waals surface area contributed by atoms with Gasteiger partial charge in [-0.1, -0.05) is 0 Å². The maximum absolute atomic E-state index is 11.9. The Morgan fingerprint density at radius 1 is 1.65 bits per heavy atom. The van der Waals surface area contributed by atoms with Gasteiger partial charge in [-0.3, -0.25) is 9.48 Å². The minimum absolute atomic E-state index is 0.102. The maximum Gasteiger partial charge on any atom is 0.241 e. The topological polar surface area (TPSA) is 72.9 Å². The van der Waals surface area contributed by atoms with E-state index in [1.54, 1.807) is 17.1 Å². The molecule has 1 aliphatic rings. The summed E-state index contributed by atoms with van der Waals surface area (Å²) in [5.74, 6) is 2.13. The fourth-order valence-electron chi connectivity index (χ4n) is 1.89. The van der Waals surface area contributed by atoms with Gasteiger partial charge in [-0.25, -0.2) is 0 Å². The number of hydrogen-bond donors (Lipinski definition) is 2. The van der Waals surface area contributed by atoms with Crippen LogP contribution in [0.2, 0.25) is 0 Å². The van der Waals surface area contributed by atoms with Crippen molar-refractivity contribution < 1.29 is 4.79 Å². The number of rotatable bonds is 3. The Morgan fingerprint density at radius 3 is 2.94 bits per heavy atom. The van der Waals surface area contributed by atoms with Crippen LogP contribution >= 0.6 is 11.8 Å². The third-order valence-electron chi connectivity index (χ3n) is 2.93. The second kappa shape index (κ2) is 5.55. The molecular formula is C11H18N4OS. The molecule has 1 unspecified atom stereocenters. The number of amides is 1. The molecular weight excluding hydrogens is 236 g/mol. The summed E-state index contributed by atoms with van der Waals surface area (Å²) in [6.07, 6.45) is 5.49. The Bertz CT molecular complexity index is 387. The largest absolute Gasteiger partial charge is 0.352 e. The van der Waals surface area contributed by atoms with E-state index in [2.05, 4.69) is 10.4 Å². The average Bonchev–Trinajstić information content (AvgIpc) is 2.76. The predicted octanol–water partition coefficient (Wildman–Crippen LogP) is 0.432. The van der Waals surface area contributed by atoms with Crippen molar-refractivity contribution in [2.45, 2.75) is 24.9 Å². The number of nitrogens with two attached hydrogens (primary N) is 1. The zero-order chi connectivity index (χ0) is 12.3. The van der Waals surface area contributed by atoms with Crippen LogP contribution in [0.3, 0.4) is 0 Å². The summed E-state index contributed by atoms with van der Waals surface area (Å²) in [6, 6.07) is -0.329. The first-order valence-corrected chi connectivity index (χ1v) is 6.94. The second-order valence-corrected chi connectivity index (χ2v) is 5.54. The van der Waals surface area contributed by atoms with E-state index in [1.807, 2.05) is 18.8 Å². The van der Waals surface area contributed by atoms with Gasteiger partial charge < -0.3 is 11.1 Å². The van der Waals surface area contributed by atoms with E-state index in [1.165, 1.54) is 0 Å². The fourth-order valence-corrected chi connectivity index (χ4v) is 2.99. The predicted molar refractivity (Wildman–Crippen MR) is 68.6 cm³/mol. The molecule has 1 aromatic rings. The highest BCUT2D eigenvalue weighted by Crippen LogP contribution is 2.18. The van der Waals surface area contributed by atoms with Gasteiger partial charge in [-0.2, -0.15) is 16.9 Å². The van der Waals surface area contributed by atoms with Gasteiger partial charge in [0.25, 0.3) is 0 Å². The molecule has 0 aromatic carbocycles. The van der Waals surface area contributed by atoms with Crippen LogP contribution in [-0.2, 0) is 11.8 Å². The fraction of sp³-hybridized carbons (Fsp3) is 0.636. The number of nitrogens with one attached hydrogen (secondary N) is 1. The summed E-state index contributed by atoms with van der Waals surface area (Å²) in [5, 5.41) is 7.03. The number of aromatic nitrogens is 2. The average molecular weight is 254 g/mol. The van der Waals surface area contributed by atoms with Gasteiger partial charge in [0.2, 0.25) is 5.91 Å². The molecule has 2 heterocycles. The van der Waals surface area contributed by atoms with Crippen molar-refractivity contribution in [2.75, 3.05) is 11.5 Å². The maximum atomic E-state index is 11.9. The van der Waals surface area contributed by atoms with Crippen molar-refractivity contribution >= 4 is 17.7 Å². The van der Waals surface area contributed by atoms with Gasteiger partial charge in [0.05, 0.1) is 6.20 Å². The van der Waals surface area contributed by atoms with Crippen LogP contribution in [0.5, 0.6) is 0 Å². The summed E-state index contributed by atoms with van der Waals surface area (Å²) in [4.78, 5) is 11.9. The van der Waals surface area contributed by atoms with Gasteiger partial charge in [-0.15, -0.1) is 0 Å². The molecule has 0 radical (unpaired) electrons. The highest BCUT2D eigenvalue weighted by Gasteiger charge is 2.21. The Kier molecular flexibility index (Phi) is 4.06. The van der Waals surface area contributed by atoms with E-state index in [0.717, 1.165) is 29.9 Å². The third kappa shape index (κ3) is 3.23. The second-order valence-electron chi connectivity index (χ2n) is 4.32. The van der Waals surface area contributed by atoms with Crippen molar-refractivity contribution in [2.24, 2.45) is 12.8 Å². The normalized spacial score (nSPS) is 18.9. The number of aryl methyl sites for hydroxylation is 1. The SMILES string of the molecule is Cn1cc(C(N)C(=O)NC2CCSCC2)cn1. The Morgan fingerprint density at radius 2 is 2.35 bits per heavy atom. The van der Waals surface area contributed by atoms with Crippen LogP contribution in [0, 0.1) is 0 Å². The van der Waals surface area contributed by atoms with Crippen molar-refractivity contribution in [3.8, 4) is 0 Å². The van der Waals surface area contributed by atoms with Crippen LogP contribution < -0.4 is 11.1 Å². The highest BCUT2D eigenvalue weighted by molar-refractivity contribution is 7.99. The molecule has 1 aromatic heterocycles. The van der Waals surface area contributed by atoms with Crippen LogP contribution in [0.25, 0.3) is 0 Å². The minimum atomic E-state index is -0.613. The minimum Gasteiger partial charge on any atom is -0.352 e. The molecule has 1 fully saturated rings. The molecule has 5 nitrogen and oxygen atoms in total. The number of hydrogen-bond acceptors (Lipinski definition) is 4. The van der Waals surface area contributed by atoms with E-state index in [9.17, 15) is 4.79 Å². The standard InChI is InChI=1S/C11H18N4OS/c1-15-7-8(6-13-15)10(12)11(16)14-9-2-4-17-5-3-9/h6-7,9-10H,2-5,12H2,1H3,(H,14,16). The van der Waals surface area contributed by atoms with Crippen molar-refractivity contribution in [1.82, 2.24) is 15.1 Å². The lowest BCUT2D eigenvalue weighted by molar-refractivity contribution is -0.123. The first-order valence-electron chi connectivity index (χ1n) is 5.79. The van der Waals surface area contributed by atoms with Crippen molar-refractivity contribution in [1.29, 1.82) is 0 Å². The van der Waals surface area contributed by atoms with Crippen LogP contribution in [0.4, 0.5) is 0 Å². The summed E-state index contributed by atoms with van der Waals surface area (Å²) in [7, 11) is 1.81. The number of carbonyl (C=O) groups excluding carboxylic acids is 1. The van der Waals surface area contributed by atoms with Crippen molar-refractivity contribution in [3.63, 3.8) is 0 Å². The first-order chi connectivity index (χ1) is 8.16. The first kappa shape index (κ1) is 12.4. The third-order valence-corrected chi connectivity index (χ3v) is 3.98. The van der Waals surface area contributed by atoms with Gasteiger partial charge in [0, 0.05) is 24.8 Å². The van der Waals surface area contributed by atoms with Crippen LogP contribution in [0.1, 0.15) is 24.4 Å². The molecule has 2 rings (SSSR count). The molecule has 0 saturated carbocycles. The van der Waals surface area contributed by atoms with Gasteiger partial charge in [0.1, 0.15) is 6.04 Å². The summed E-state index contributed by atoms with van der Waals surface area (Å²) in [5.41, 5.74) is 6.66. The highest BCUT2D eigenvalue weighted by atomic mass is 32.2. The number of carbonyl (C=O) groups is 1. The number of nitrogens with zero attached hydrogens (tertiary/aromatic N) is 2. The lowest BCUT2D eigenvalue weighted by Crippen LogP contribution is -2.42. The summed E-state index contributed by atoms with van der Waals surface area (Å²) in [6.45, 7) is 0. The Labute approximate surface area is 105 Å². The monoisotopic (exact) mass is 254 g/mol. The van der Waals surface area contributed by atoms with E-state index >= 15 is 0 Å². The molecule has 6 heteroatoms. The molecule has 17 heavy (non-hydrogen) atoms. The molecule has 0 spiro atoms. The lowest BCUT2D eigenvalue weighted by Gasteiger charge is -2.23. The smallest absolute Gasteiger partial charge is 0.241 e. The van der Waals surface area contributed by atoms with E-state index in [-0.39, 0.29) is 11.9 Å². The molecule has 1 amide bonds. The van der Waals surface area contributed by atoms with Crippen molar-refractivity contribution in [3.05, 3.63) is 18.0 Å².